The molecule has 0 aliphatic rings. The van der Waals surface area contributed by atoms with Gasteiger partial charge in [0.2, 0.25) is 0 Å². The van der Waals surface area contributed by atoms with Gasteiger partial charge < -0.3 is 9.88 Å². The predicted octanol–water partition coefficient (Wildman–Crippen LogP) is 3.09. The van der Waals surface area contributed by atoms with E-state index in [9.17, 15) is 0 Å². The molecular formula is C13H18N2S. The highest BCUT2D eigenvalue weighted by Crippen LogP contribution is 2.23. The molecule has 16 heavy (non-hydrogen) atoms. The van der Waals surface area contributed by atoms with Crippen molar-refractivity contribution < 1.29 is 0 Å². The van der Waals surface area contributed by atoms with Crippen LogP contribution in [0.25, 0.3) is 10.9 Å². The second kappa shape index (κ2) is 4.93. The molecule has 0 amide bonds. The number of hydrogen-bond acceptors (Lipinski definition) is 2. The zero-order chi connectivity index (χ0) is 11.5. The molecule has 2 nitrogen and oxygen atoms in total. The van der Waals surface area contributed by atoms with Crippen LogP contribution in [0.1, 0.15) is 11.1 Å². The Bertz CT molecular complexity index is 474. The monoisotopic (exact) mass is 234 g/mol. The van der Waals surface area contributed by atoms with Crippen LogP contribution in [0.15, 0.2) is 24.4 Å². The largest absolute Gasteiger partial charge is 0.361 e. The second-order valence-corrected chi connectivity index (χ2v) is 5.23. The van der Waals surface area contributed by atoms with Crippen LogP contribution >= 0.6 is 11.8 Å². The SMILES string of the molecule is CSCc1cc(CN(C)C)c2[nH]ccc2c1. The lowest BCUT2D eigenvalue weighted by atomic mass is 10.1. The van der Waals surface area contributed by atoms with E-state index in [-0.39, 0.29) is 0 Å². The fourth-order valence-electron chi connectivity index (χ4n) is 2.03. The van der Waals surface area contributed by atoms with E-state index in [1.807, 2.05) is 18.0 Å². The number of nitrogens with zero attached hydrogens (tertiary/aromatic N) is 1. The molecule has 2 rings (SSSR count). The molecule has 0 saturated heterocycles. The van der Waals surface area contributed by atoms with Crippen molar-refractivity contribution in [2.75, 3.05) is 20.4 Å². The Hall–Kier alpha value is -0.930. The fourth-order valence-corrected chi connectivity index (χ4v) is 2.53. The summed E-state index contributed by atoms with van der Waals surface area (Å²) in [6, 6.07) is 6.75. The first kappa shape index (κ1) is 11.6. The third-order valence-corrected chi connectivity index (χ3v) is 3.22. The molecule has 0 fully saturated rings. The highest BCUT2D eigenvalue weighted by Gasteiger charge is 2.06. The van der Waals surface area contributed by atoms with Gasteiger partial charge >= 0.3 is 0 Å². The first-order valence-electron chi connectivity index (χ1n) is 5.43. The maximum atomic E-state index is 3.33. The van der Waals surface area contributed by atoms with Gasteiger partial charge in [-0.25, -0.2) is 0 Å². The summed E-state index contributed by atoms with van der Waals surface area (Å²) < 4.78 is 0. The maximum absolute atomic E-state index is 3.33. The topological polar surface area (TPSA) is 19.0 Å². The zero-order valence-electron chi connectivity index (χ0n) is 10.1. The van der Waals surface area contributed by atoms with Crippen molar-refractivity contribution in [2.24, 2.45) is 0 Å². The number of H-pyrrole nitrogens is 1. The Balaban J connectivity index is 2.46. The van der Waals surface area contributed by atoms with E-state index in [1.54, 1.807) is 0 Å². The number of benzene rings is 1. The summed E-state index contributed by atoms with van der Waals surface area (Å²) in [5.74, 6) is 1.08. The van der Waals surface area contributed by atoms with Crippen molar-refractivity contribution in [3.63, 3.8) is 0 Å². The van der Waals surface area contributed by atoms with Gasteiger partial charge in [0.1, 0.15) is 0 Å². The average molecular weight is 234 g/mol. The van der Waals surface area contributed by atoms with Crippen molar-refractivity contribution in [1.82, 2.24) is 9.88 Å². The molecule has 0 bridgehead atoms. The summed E-state index contributed by atoms with van der Waals surface area (Å²) in [6.45, 7) is 0.985. The Labute approximate surface area is 101 Å². The smallest absolute Gasteiger partial charge is 0.0499 e. The Morgan fingerprint density at radius 1 is 1.31 bits per heavy atom. The van der Waals surface area contributed by atoms with Gasteiger partial charge in [0.05, 0.1) is 0 Å². The molecule has 0 aliphatic heterocycles. The summed E-state index contributed by atoms with van der Waals surface area (Å²) in [7, 11) is 4.21. The first-order valence-corrected chi connectivity index (χ1v) is 6.82. The van der Waals surface area contributed by atoms with E-state index >= 15 is 0 Å². The van der Waals surface area contributed by atoms with E-state index in [0.717, 1.165) is 12.3 Å². The molecule has 86 valence electrons. The lowest BCUT2D eigenvalue weighted by molar-refractivity contribution is 0.404. The lowest BCUT2D eigenvalue weighted by Crippen LogP contribution is -2.11. The van der Waals surface area contributed by atoms with Gasteiger partial charge in [-0.05, 0) is 49.0 Å². The van der Waals surface area contributed by atoms with E-state index in [2.05, 4.69) is 48.4 Å². The molecule has 0 spiro atoms. The minimum Gasteiger partial charge on any atom is -0.361 e. The van der Waals surface area contributed by atoms with E-state index in [4.69, 9.17) is 0 Å². The normalized spacial score (nSPS) is 11.5. The van der Waals surface area contributed by atoms with E-state index in [0.29, 0.717) is 0 Å². The van der Waals surface area contributed by atoms with Crippen LogP contribution in [-0.2, 0) is 12.3 Å². The number of thioether (sulfide) groups is 1. The number of aromatic amines is 1. The second-order valence-electron chi connectivity index (χ2n) is 4.37. The van der Waals surface area contributed by atoms with Gasteiger partial charge in [0, 0.05) is 24.0 Å². The standard InChI is InChI=1S/C13H18N2S/c1-15(2)8-12-7-10(9-16-3)6-11-4-5-14-13(11)12/h4-7,14H,8-9H2,1-3H3. The van der Waals surface area contributed by atoms with Crippen molar-refractivity contribution in [1.29, 1.82) is 0 Å². The minimum absolute atomic E-state index is 0.985. The van der Waals surface area contributed by atoms with Crippen molar-refractivity contribution in [2.45, 2.75) is 12.3 Å². The van der Waals surface area contributed by atoms with Crippen LogP contribution in [0, 0.1) is 0 Å². The number of nitrogens with one attached hydrogen (secondary N) is 1. The molecule has 0 saturated carbocycles. The van der Waals surface area contributed by atoms with Crippen molar-refractivity contribution >= 4 is 22.7 Å². The molecule has 1 N–H and O–H groups in total. The number of fused-ring (bicyclic) bond motifs is 1. The first-order chi connectivity index (χ1) is 7.70. The van der Waals surface area contributed by atoms with Crippen LogP contribution < -0.4 is 0 Å². The van der Waals surface area contributed by atoms with Crippen molar-refractivity contribution in [3.8, 4) is 0 Å². The molecule has 1 aromatic carbocycles. The van der Waals surface area contributed by atoms with Crippen LogP contribution in [0.3, 0.4) is 0 Å². The molecule has 0 unspecified atom stereocenters. The molecule has 2 aromatic rings. The maximum Gasteiger partial charge on any atom is 0.0499 e. The van der Waals surface area contributed by atoms with Gasteiger partial charge in [0.25, 0.3) is 0 Å². The fraction of sp³-hybridized carbons (Fsp3) is 0.385. The molecule has 1 aromatic heterocycles. The number of hydrogen-bond donors (Lipinski definition) is 1. The van der Waals surface area contributed by atoms with Gasteiger partial charge in [-0.15, -0.1) is 0 Å². The summed E-state index contributed by atoms with van der Waals surface area (Å²) in [6.07, 6.45) is 4.17. The molecule has 3 heteroatoms. The minimum atomic E-state index is 0.985. The van der Waals surface area contributed by atoms with Gasteiger partial charge in [0.15, 0.2) is 0 Å². The Morgan fingerprint density at radius 2 is 2.12 bits per heavy atom. The van der Waals surface area contributed by atoms with Gasteiger partial charge in [-0.2, -0.15) is 11.8 Å². The summed E-state index contributed by atoms with van der Waals surface area (Å²) in [5.41, 5.74) is 4.08. The number of aromatic nitrogens is 1. The third kappa shape index (κ3) is 2.42. The highest BCUT2D eigenvalue weighted by molar-refractivity contribution is 7.97. The van der Waals surface area contributed by atoms with Crippen LogP contribution in [0.5, 0.6) is 0 Å². The van der Waals surface area contributed by atoms with Crippen LogP contribution in [0.2, 0.25) is 0 Å². The third-order valence-electron chi connectivity index (χ3n) is 2.60. The van der Waals surface area contributed by atoms with Gasteiger partial charge in [-0.1, -0.05) is 6.07 Å². The quantitative estimate of drug-likeness (QED) is 0.876. The summed E-state index contributed by atoms with van der Waals surface area (Å²) >= 11 is 1.87. The molecule has 0 atom stereocenters. The molecule has 1 heterocycles. The zero-order valence-corrected chi connectivity index (χ0v) is 10.9. The predicted molar refractivity (Wildman–Crippen MR) is 72.9 cm³/mol. The van der Waals surface area contributed by atoms with Crippen LogP contribution in [0.4, 0.5) is 0 Å². The molecule has 0 aliphatic carbocycles. The molecule has 0 radical (unpaired) electrons. The Kier molecular flexibility index (Phi) is 3.56. The average Bonchev–Trinajstić information content (AvgIpc) is 2.65. The Morgan fingerprint density at radius 3 is 2.81 bits per heavy atom. The number of rotatable bonds is 4. The summed E-state index contributed by atoms with van der Waals surface area (Å²) in [5, 5.41) is 1.32. The van der Waals surface area contributed by atoms with Crippen molar-refractivity contribution in [3.05, 3.63) is 35.5 Å². The van der Waals surface area contributed by atoms with E-state index < -0.39 is 0 Å². The lowest BCUT2D eigenvalue weighted by Gasteiger charge is -2.12. The highest BCUT2D eigenvalue weighted by atomic mass is 32.2. The summed E-state index contributed by atoms with van der Waals surface area (Å²) in [4.78, 5) is 5.54. The van der Waals surface area contributed by atoms with Crippen LogP contribution in [-0.4, -0.2) is 30.2 Å². The van der Waals surface area contributed by atoms with E-state index in [1.165, 1.54) is 22.0 Å². The molecular weight excluding hydrogens is 216 g/mol. The van der Waals surface area contributed by atoms with Gasteiger partial charge in [-0.3, -0.25) is 0 Å².